The molecule has 0 saturated carbocycles. The summed E-state index contributed by atoms with van der Waals surface area (Å²) in [6.07, 6.45) is 0.745. The number of non-ortho nitro benzene ring substituents is 1. The number of halogens is 1. The number of hydrogen-bond acceptors (Lipinski definition) is 5. The van der Waals surface area contributed by atoms with Crippen LogP contribution in [-0.4, -0.2) is 42.2 Å². The third-order valence-corrected chi connectivity index (χ3v) is 5.33. The Morgan fingerprint density at radius 2 is 1.96 bits per heavy atom. The second kappa shape index (κ2) is 7.23. The van der Waals surface area contributed by atoms with Crippen LogP contribution in [0.5, 0.6) is 5.75 Å². The second-order valence-electron chi connectivity index (χ2n) is 6.53. The van der Waals surface area contributed by atoms with Crippen LogP contribution in [0.25, 0.3) is 0 Å². The number of fused-ring (bicyclic) bond motifs is 1. The van der Waals surface area contributed by atoms with Crippen LogP contribution in [0, 0.1) is 10.1 Å². The fraction of sp³-hybridized carbons (Fsp3) is 0.368. The second-order valence-corrected chi connectivity index (χ2v) is 6.94. The lowest BCUT2D eigenvalue weighted by Gasteiger charge is -2.35. The molecule has 2 aromatic rings. The highest BCUT2D eigenvalue weighted by atomic mass is 35.5. The average Bonchev–Trinajstić information content (AvgIpc) is 3.02. The minimum Gasteiger partial charge on any atom is -0.482 e. The van der Waals surface area contributed by atoms with Gasteiger partial charge in [-0.2, -0.15) is 0 Å². The van der Waals surface area contributed by atoms with Crippen molar-refractivity contribution < 1.29 is 14.4 Å². The number of nitrogens with zero attached hydrogens (tertiary/aromatic N) is 2. The Bertz CT molecular complexity index is 823. The Morgan fingerprint density at radius 3 is 2.69 bits per heavy atom. The lowest BCUT2D eigenvalue weighted by molar-refractivity contribution is -0.384. The highest BCUT2D eigenvalue weighted by Crippen LogP contribution is 2.40. The molecule has 0 unspecified atom stereocenters. The Labute approximate surface area is 156 Å². The predicted octanol–water partition coefficient (Wildman–Crippen LogP) is 3.63. The SMILES string of the molecule is O=[N+]([O-])c1ccc(O[C@@H]2c3ccccc3C[C@@H]2N2CCOCC2)c(Cl)c1. The van der Waals surface area contributed by atoms with Gasteiger partial charge in [0.05, 0.1) is 29.2 Å². The first kappa shape index (κ1) is 17.3. The van der Waals surface area contributed by atoms with E-state index in [1.54, 1.807) is 6.07 Å². The van der Waals surface area contributed by atoms with Crippen LogP contribution in [0.3, 0.4) is 0 Å². The van der Waals surface area contributed by atoms with Crippen molar-refractivity contribution in [2.24, 2.45) is 0 Å². The maximum absolute atomic E-state index is 10.9. The fourth-order valence-electron chi connectivity index (χ4n) is 3.74. The molecule has 0 aromatic heterocycles. The number of nitro benzene ring substituents is 1. The number of rotatable bonds is 4. The first-order valence-electron chi connectivity index (χ1n) is 8.63. The summed E-state index contributed by atoms with van der Waals surface area (Å²) in [6, 6.07) is 12.8. The molecule has 0 radical (unpaired) electrons. The molecule has 0 N–H and O–H groups in total. The Morgan fingerprint density at radius 1 is 1.19 bits per heavy atom. The largest absolute Gasteiger partial charge is 0.482 e. The van der Waals surface area contributed by atoms with Gasteiger partial charge in [-0.25, -0.2) is 0 Å². The summed E-state index contributed by atoms with van der Waals surface area (Å²) in [6.45, 7) is 3.18. The van der Waals surface area contributed by atoms with Crippen molar-refractivity contribution in [2.45, 2.75) is 18.6 Å². The molecular weight excluding hydrogens is 356 g/mol. The summed E-state index contributed by atoms with van der Waals surface area (Å²) in [5.41, 5.74) is 2.38. The highest BCUT2D eigenvalue weighted by molar-refractivity contribution is 6.32. The monoisotopic (exact) mass is 374 g/mol. The van der Waals surface area contributed by atoms with E-state index in [0.717, 1.165) is 38.3 Å². The zero-order chi connectivity index (χ0) is 18.1. The van der Waals surface area contributed by atoms with Crippen molar-refractivity contribution in [1.29, 1.82) is 0 Å². The maximum Gasteiger partial charge on any atom is 0.271 e. The van der Waals surface area contributed by atoms with Crippen LogP contribution < -0.4 is 4.74 Å². The molecule has 1 aliphatic carbocycles. The molecule has 26 heavy (non-hydrogen) atoms. The quantitative estimate of drug-likeness (QED) is 0.604. The van der Waals surface area contributed by atoms with E-state index >= 15 is 0 Å². The van der Waals surface area contributed by atoms with Gasteiger partial charge in [-0.1, -0.05) is 35.9 Å². The topological polar surface area (TPSA) is 64.8 Å². The van der Waals surface area contributed by atoms with Crippen LogP contribution in [0.15, 0.2) is 42.5 Å². The van der Waals surface area contributed by atoms with Crippen molar-refractivity contribution >= 4 is 17.3 Å². The molecular formula is C19H19ClN2O4. The molecule has 1 heterocycles. The number of benzene rings is 2. The molecule has 4 rings (SSSR count). The summed E-state index contributed by atoms with van der Waals surface area (Å²) < 4.78 is 11.8. The van der Waals surface area contributed by atoms with Gasteiger partial charge in [0.25, 0.3) is 5.69 Å². The van der Waals surface area contributed by atoms with E-state index in [2.05, 4.69) is 17.0 Å². The standard InChI is InChI=1S/C19H19ClN2O4/c20-16-12-14(22(23)24)5-6-18(16)26-19-15-4-2-1-3-13(15)11-17(19)21-7-9-25-10-8-21/h1-6,12,17,19H,7-11H2/t17-,19+/m0/s1. The van der Waals surface area contributed by atoms with Gasteiger partial charge in [-0.3, -0.25) is 15.0 Å². The van der Waals surface area contributed by atoms with E-state index in [9.17, 15) is 10.1 Å². The van der Waals surface area contributed by atoms with E-state index in [4.69, 9.17) is 21.1 Å². The van der Waals surface area contributed by atoms with Crippen molar-refractivity contribution in [3.63, 3.8) is 0 Å². The minimum atomic E-state index is -0.461. The van der Waals surface area contributed by atoms with Crippen molar-refractivity contribution in [3.05, 3.63) is 68.7 Å². The average molecular weight is 375 g/mol. The van der Waals surface area contributed by atoms with Gasteiger partial charge in [-0.05, 0) is 23.6 Å². The van der Waals surface area contributed by atoms with Gasteiger partial charge in [-0.15, -0.1) is 0 Å². The van der Waals surface area contributed by atoms with Crippen molar-refractivity contribution in [1.82, 2.24) is 4.90 Å². The van der Waals surface area contributed by atoms with Crippen molar-refractivity contribution in [2.75, 3.05) is 26.3 Å². The fourth-order valence-corrected chi connectivity index (χ4v) is 3.96. The molecule has 0 amide bonds. The van der Waals surface area contributed by atoms with E-state index in [0.29, 0.717) is 5.75 Å². The van der Waals surface area contributed by atoms with Crippen LogP contribution in [0.2, 0.25) is 5.02 Å². The molecule has 136 valence electrons. The van der Waals surface area contributed by atoms with Crippen LogP contribution >= 0.6 is 11.6 Å². The Balaban J connectivity index is 1.64. The number of hydrogen-bond donors (Lipinski definition) is 0. The van der Waals surface area contributed by atoms with E-state index < -0.39 is 4.92 Å². The summed E-state index contributed by atoms with van der Waals surface area (Å²) in [4.78, 5) is 12.9. The van der Waals surface area contributed by atoms with Crippen LogP contribution in [0.1, 0.15) is 17.2 Å². The molecule has 0 spiro atoms. The highest BCUT2D eigenvalue weighted by Gasteiger charge is 2.38. The number of morpholine rings is 1. The maximum atomic E-state index is 10.9. The molecule has 1 saturated heterocycles. The summed E-state index contributed by atoms with van der Waals surface area (Å²) in [7, 11) is 0. The number of nitro groups is 1. The van der Waals surface area contributed by atoms with Crippen LogP contribution in [0.4, 0.5) is 5.69 Å². The van der Waals surface area contributed by atoms with Gasteiger partial charge < -0.3 is 9.47 Å². The van der Waals surface area contributed by atoms with E-state index in [1.165, 1.54) is 17.7 Å². The molecule has 2 aromatic carbocycles. The normalized spacial score (nSPS) is 22.8. The van der Waals surface area contributed by atoms with Gasteiger partial charge in [0.2, 0.25) is 0 Å². The van der Waals surface area contributed by atoms with Gasteiger partial charge in [0, 0.05) is 25.2 Å². The zero-order valence-electron chi connectivity index (χ0n) is 14.1. The lowest BCUT2D eigenvalue weighted by Crippen LogP contribution is -2.46. The molecule has 1 fully saturated rings. The number of ether oxygens (including phenoxy) is 2. The summed E-state index contributed by atoms with van der Waals surface area (Å²) >= 11 is 6.25. The summed E-state index contributed by atoms with van der Waals surface area (Å²) in [5.74, 6) is 0.470. The van der Waals surface area contributed by atoms with Gasteiger partial charge >= 0.3 is 0 Å². The predicted molar refractivity (Wildman–Crippen MR) is 97.8 cm³/mol. The van der Waals surface area contributed by atoms with Gasteiger partial charge in [0.15, 0.2) is 0 Å². The Hall–Kier alpha value is -2.15. The smallest absolute Gasteiger partial charge is 0.271 e. The Kier molecular flexibility index (Phi) is 4.80. The lowest BCUT2D eigenvalue weighted by atomic mass is 10.1. The minimum absolute atomic E-state index is 0.0427. The molecule has 2 aliphatic rings. The van der Waals surface area contributed by atoms with Gasteiger partial charge in [0.1, 0.15) is 11.9 Å². The van der Waals surface area contributed by atoms with Crippen LogP contribution in [-0.2, 0) is 11.2 Å². The first-order chi connectivity index (χ1) is 12.6. The molecule has 2 atom stereocenters. The zero-order valence-corrected chi connectivity index (χ0v) is 14.9. The first-order valence-corrected chi connectivity index (χ1v) is 9.01. The third kappa shape index (κ3) is 3.28. The van der Waals surface area contributed by atoms with E-state index in [1.807, 2.05) is 12.1 Å². The summed E-state index contributed by atoms with van der Waals surface area (Å²) in [5, 5.41) is 11.2. The van der Waals surface area contributed by atoms with Crippen molar-refractivity contribution in [3.8, 4) is 5.75 Å². The molecule has 7 heteroatoms. The van der Waals surface area contributed by atoms with E-state index in [-0.39, 0.29) is 22.9 Å². The molecule has 6 nitrogen and oxygen atoms in total. The molecule has 1 aliphatic heterocycles. The molecule has 0 bridgehead atoms. The third-order valence-electron chi connectivity index (χ3n) is 5.04.